The Morgan fingerprint density at radius 2 is 2.17 bits per heavy atom. The number of ether oxygens (including phenoxy) is 2. The van der Waals surface area contributed by atoms with E-state index in [1.165, 1.54) is 19.3 Å². The quantitative estimate of drug-likeness (QED) is 0.639. The Balaban J connectivity index is 1.54. The van der Waals surface area contributed by atoms with Gasteiger partial charge in [-0.15, -0.1) is 0 Å². The summed E-state index contributed by atoms with van der Waals surface area (Å²) in [6, 6.07) is 0. The van der Waals surface area contributed by atoms with Crippen LogP contribution in [0.1, 0.15) is 53.4 Å². The van der Waals surface area contributed by atoms with E-state index < -0.39 is 0 Å². The van der Waals surface area contributed by atoms with Crippen LogP contribution in [-0.4, -0.2) is 36.9 Å². The molecule has 2 heterocycles. The van der Waals surface area contributed by atoms with Gasteiger partial charge in [-0.1, -0.05) is 34.1 Å². The summed E-state index contributed by atoms with van der Waals surface area (Å²) in [4.78, 5) is 12.5. The summed E-state index contributed by atoms with van der Waals surface area (Å²) in [5, 5.41) is 3.46. The zero-order valence-electron chi connectivity index (χ0n) is 14.9. The zero-order chi connectivity index (χ0) is 16.4. The molecule has 0 aromatic carbocycles. The van der Waals surface area contributed by atoms with E-state index in [-0.39, 0.29) is 41.0 Å². The third-order valence-electron chi connectivity index (χ3n) is 7.11. The number of rotatable bonds is 4. The van der Waals surface area contributed by atoms with Gasteiger partial charge in [-0.2, -0.15) is 0 Å². The maximum atomic E-state index is 12.5. The number of hydrogen-bond donors (Lipinski definition) is 1. The molecule has 0 aromatic rings. The molecule has 7 atom stereocenters. The second-order valence-corrected chi connectivity index (χ2v) is 9.10. The third-order valence-corrected chi connectivity index (χ3v) is 7.11. The monoisotopic (exact) mass is 321 g/mol. The number of nitrogens with one attached hydrogen (secondary N) is 1. The molecule has 2 aliphatic carbocycles. The van der Waals surface area contributed by atoms with E-state index in [1.54, 1.807) is 0 Å². The molecule has 2 aliphatic heterocycles. The van der Waals surface area contributed by atoms with Gasteiger partial charge in [0.25, 0.3) is 0 Å². The van der Waals surface area contributed by atoms with Crippen LogP contribution in [0.15, 0.2) is 0 Å². The van der Waals surface area contributed by atoms with Crippen molar-refractivity contribution >= 4 is 5.97 Å². The first-order valence-electron chi connectivity index (χ1n) is 9.48. The molecule has 4 fully saturated rings. The molecule has 4 nitrogen and oxygen atoms in total. The van der Waals surface area contributed by atoms with Crippen molar-refractivity contribution < 1.29 is 14.3 Å². The highest BCUT2D eigenvalue weighted by molar-refractivity contribution is 5.76. The van der Waals surface area contributed by atoms with E-state index in [0.29, 0.717) is 11.8 Å². The summed E-state index contributed by atoms with van der Waals surface area (Å²) in [6.45, 7) is 10.8. The van der Waals surface area contributed by atoms with Crippen LogP contribution in [0.5, 0.6) is 0 Å². The lowest BCUT2D eigenvalue weighted by Gasteiger charge is -2.48. The fourth-order valence-corrected chi connectivity index (χ4v) is 5.99. The maximum Gasteiger partial charge on any atom is 0.311 e. The van der Waals surface area contributed by atoms with Gasteiger partial charge in [0, 0.05) is 17.9 Å². The SMILES string of the molecule is CC(C)CNCC1C(=O)OC2CC3(C)CCCC(C)C34OC4C21. The number of esters is 1. The standard InChI is InChI=1S/C19H31NO3/c1-11(2)9-20-10-13-15-14(22-17(13)21)8-18(4)7-5-6-12(3)19(18)16(15)23-19/h11-16,20H,5-10H2,1-4H3. The molecule has 4 heteroatoms. The molecule has 0 amide bonds. The summed E-state index contributed by atoms with van der Waals surface area (Å²) in [5.41, 5.74) is 0.216. The zero-order valence-corrected chi connectivity index (χ0v) is 14.9. The third kappa shape index (κ3) is 2.13. The van der Waals surface area contributed by atoms with Crippen LogP contribution in [0.2, 0.25) is 0 Å². The number of hydrogen-bond acceptors (Lipinski definition) is 4. The molecule has 0 aromatic heterocycles. The fourth-order valence-electron chi connectivity index (χ4n) is 5.99. The highest BCUT2D eigenvalue weighted by Crippen LogP contribution is 2.70. The minimum absolute atomic E-state index is 0.00296. The van der Waals surface area contributed by atoms with Crippen molar-refractivity contribution in [3.05, 3.63) is 0 Å². The Morgan fingerprint density at radius 3 is 2.91 bits per heavy atom. The van der Waals surface area contributed by atoms with Crippen molar-refractivity contribution in [3.8, 4) is 0 Å². The number of epoxide rings is 1. The molecular formula is C19H31NO3. The Hall–Kier alpha value is -0.610. The van der Waals surface area contributed by atoms with Crippen molar-refractivity contribution in [1.29, 1.82) is 0 Å². The highest BCUT2D eigenvalue weighted by Gasteiger charge is 2.78. The lowest BCUT2D eigenvalue weighted by atomic mass is 9.53. The molecule has 2 saturated heterocycles. The molecule has 0 radical (unpaired) electrons. The van der Waals surface area contributed by atoms with E-state index in [2.05, 4.69) is 33.0 Å². The lowest BCUT2D eigenvalue weighted by Crippen LogP contribution is -2.54. The van der Waals surface area contributed by atoms with E-state index in [1.807, 2.05) is 0 Å². The Bertz CT molecular complexity index is 507. The molecule has 23 heavy (non-hydrogen) atoms. The topological polar surface area (TPSA) is 50.9 Å². The van der Waals surface area contributed by atoms with Crippen LogP contribution in [-0.2, 0) is 14.3 Å². The van der Waals surface area contributed by atoms with Gasteiger partial charge in [-0.05, 0) is 37.6 Å². The van der Waals surface area contributed by atoms with Gasteiger partial charge in [-0.3, -0.25) is 4.79 Å². The van der Waals surface area contributed by atoms with Crippen LogP contribution in [0, 0.1) is 29.1 Å². The molecule has 130 valence electrons. The fraction of sp³-hybridized carbons (Fsp3) is 0.947. The van der Waals surface area contributed by atoms with Crippen molar-refractivity contribution in [3.63, 3.8) is 0 Å². The van der Waals surface area contributed by atoms with Crippen LogP contribution >= 0.6 is 0 Å². The second kappa shape index (κ2) is 5.19. The molecule has 2 saturated carbocycles. The highest BCUT2D eigenvalue weighted by atomic mass is 16.6. The van der Waals surface area contributed by atoms with Crippen LogP contribution < -0.4 is 5.32 Å². The summed E-state index contributed by atoms with van der Waals surface area (Å²) >= 11 is 0. The van der Waals surface area contributed by atoms with E-state index >= 15 is 0 Å². The largest absolute Gasteiger partial charge is 0.462 e. The Labute approximate surface area is 139 Å². The van der Waals surface area contributed by atoms with Crippen molar-refractivity contribution in [2.24, 2.45) is 29.1 Å². The van der Waals surface area contributed by atoms with Crippen LogP contribution in [0.4, 0.5) is 0 Å². The number of carbonyl (C=O) groups is 1. The molecule has 0 bridgehead atoms. The van der Waals surface area contributed by atoms with Gasteiger partial charge in [0.15, 0.2) is 0 Å². The van der Waals surface area contributed by atoms with Gasteiger partial charge in [0.2, 0.25) is 0 Å². The molecular weight excluding hydrogens is 290 g/mol. The van der Waals surface area contributed by atoms with Gasteiger partial charge in [0.1, 0.15) is 11.7 Å². The summed E-state index contributed by atoms with van der Waals surface area (Å²) in [7, 11) is 0. The van der Waals surface area contributed by atoms with Crippen molar-refractivity contribution in [2.45, 2.75) is 71.2 Å². The predicted molar refractivity (Wildman–Crippen MR) is 87.9 cm³/mol. The minimum Gasteiger partial charge on any atom is -0.462 e. The van der Waals surface area contributed by atoms with Crippen molar-refractivity contribution in [1.82, 2.24) is 5.32 Å². The smallest absolute Gasteiger partial charge is 0.311 e. The first-order valence-corrected chi connectivity index (χ1v) is 9.48. The Morgan fingerprint density at radius 1 is 1.39 bits per heavy atom. The minimum atomic E-state index is -0.0261. The molecule has 4 aliphatic rings. The van der Waals surface area contributed by atoms with Gasteiger partial charge >= 0.3 is 5.97 Å². The number of carbonyl (C=O) groups excluding carboxylic acids is 1. The van der Waals surface area contributed by atoms with Crippen LogP contribution in [0.3, 0.4) is 0 Å². The summed E-state index contributed by atoms with van der Waals surface area (Å²) < 4.78 is 12.3. The summed E-state index contributed by atoms with van der Waals surface area (Å²) in [5.74, 6) is 1.43. The first-order chi connectivity index (χ1) is 10.9. The second-order valence-electron chi connectivity index (χ2n) is 9.10. The van der Waals surface area contributed by atoms with Crippen molar-refractivity contribution in [2.75, 3.05) is 13.1 Å². The lowest BCUT2D eigenvalue weighted by molar-refractivity contribution is -0.146. The van der Waals surface area contributed by atoms with Gasteiger partial charge in [-0.25, -0.2) is 0 Å². The van der Waals surface area contributed by atoms with E-state index in [0.717, 1.165) is 19.5 Å². The molecule has 1 spiro atoms. The molecule has 4 rings (SSSR count). The molecule has 1 N–H and O–H groups in total. The molecule has 7 unspecified atom stereocenters. The van der Waals surface area contributed by atoms with Gasteiger partial charge < -0.3 is 14.8 Å². The van der Waals surface area contributed by atoms with Crippen LogP contribution in [0.25, 0.3) is 0 Å². The average Bonchev–Trinajstić information content (AvgIpc) is 3.14. The summed E-state index contributed by atoms with van der Waals surface area (Å²) in [6.07, 6.45) is 5.05. The van der Waals surface area contributed by atoms with E-state index in [9.17, 15) is 4.79 Å². The predicted octanol–water partition coefficient (Wildman–Crippen LogP) is 2.76. The normalized spacial score (nSPS) is 51.0. The average molecular weight is 321 g/mol. The maximum absolute atomic E-state index is 12.5. The first kappa shape index (κ1) is 15.9. The van der Waals surface area contributed by atoms with Gasteiger partial charge in [0.05, 0.1) is 12.0 Å². The number of fused-ring (bicyclic) bond motifs is 2. The van der Waals surface area contributed by atoms with E-state index in [4.69, 9.17) is 9.47 Å². The Kier molecular flexibility index (Phi) is 3.59.